The number of aliphatic hydroxyl groups is 1. The van der Waals surface area contributed by atoms with Gasteiger partial charge in [0.15, 0.2) is 6.10 Å². The van der Waals surface area contributed by atoms with Gasteiger partial charge in [-0.05, 0) is 98.2 Å². The minimum atomic E-state index is -0.998. The van der Waals surface area contributed by atoms with Crippen LogP contribution in [-0.2, 0) is 19.1 Å². The number of rotatable bonds is 6. The van der Waals surface area contributed by atoms with Gasteiger partial charge in [-0.3, -0.25) is 4.79 Å². The summed E-state index contributed by atoms with van der Waals surface area (Å²) in [7, 11) is 1.34. The number of hydrogen-bond acceptors (Lipinski definition) is 5. The molecule has 0 aromatic heterocycles. The Hall–Kier alpha value is -1.36. The van der Waals surface area contributed by atoms with Crippen LogP contribution in [0.15, 0.2) is 11.6 Å². The highest BCUT2D eigenvalue weighted by atomic mass is 16.5. The van der Waals surface area contributed by atoms with Crippen molar-refractivity contribution >= 4 is 11.9 Å². The van der Waals surface area contributed by atoms with Crippen molar-refractivity contribution in [3.05, 3.63) is 11.6 Å². The van der Waals surface area contributed by atoms with E-state index in [9.17, 15) is 14.7 Å². The molecule has 4 aliphatic carbocycles. The van der Waals surface area contributed by atoms with Crippen LogP contribution in [0.1, 0.15) is 91.9 Å². The molecule has 0 spiro atoms. The van der Waals surface area contributed by atoms with E-state index in [4.69, 9.17) is 9.47 Å². The van der Waals surface area contributed by atoms with E-state index in [0.717, 1.165) is 43.4 Å². The van der Waals surface area contributed by atoms with E-state index < -0.39 is 12.1 Å². The lowest BCUT2D eigenvalue weighted by Crippen LogP contribution is -2.51. The Balaban J connectivity index is 1.45. The van der Waals surface area contributed by atoms with Crippen molar-refractivity contribution < 1.29 is 24.2 Å². The molecule has 1 unspecified atom stereocenters. The van der Waals surface area contributed by atoms with Crippen LogP contribution < -0.4 is 0 Å². The van der Waals surface area contributed by atoms with E-state index in [1.54, 1.807) is 5.57 Å². The molecule has 4 rings (SSSR count). The molecule has 5 heteroatoms. The van der Waals surface area contributed by atoms with Gasteiger partial charge in [0, 0.05) is 13.3 Å². The molecule has 4 aliphatic rings. The molecule has 0 heterocycles. The third-order valence-corrected chi connectivity index (χ3v) is 10.5. The standard InChI is InChI=1S/C28H44O5/c1-17(6-11-25(30)26(31)32-5)22-9-10-23-21-8-7-19-16-20(33-18(2)29)12-14-27(19,3)24(21)13-15-28(22,23)4/h7,17,20-25,30H,6,8-16H2,1-5H3/t17-,20+,21+,22-,23+,24+,25?,27+,28-/m1/s1. The highest BCUT2D eigenvalue weighted by molar-refractivity contribution is 5.74. The van der Waals surface area contributed by atoms with Crippen molar-refractivity contribution in [1.29, 1.82) is 0 Å². The fraction of sp³-hybridized carbons (Fsp3) is 0.857. The number of hydrogen-bond donors (Lipinski definition) is 1. The molecule has 5 nitrogen and oxygen atoms in total. The summed E-state index contributed by atoms with van der Waals surface area (Å²) in [6.45, 7) is 8.88. The Morgan fingerprint density at radius 3 is 2.58 bits per heavy atom. The van der Waals surface area contributed by atoms with Crippen LogP contribution in [0.25, 0.3) is 0 Å². The Bertz CT molecular complexity index is 789. The van der Waals surface area contributed by atoms with Gasteiger partial charge in [0.1, 0.15) is 6.10 Å². The largest absolute Gasteiger partial charge is 0.467 e. The van der Waals surface area contributed by atoms with Gasteiger partial charge in [-0.2, -0.15) is 0 Å². The summed E-state index contributed by atoms with van der Waals surface area (Å²) < 4.78 is 10.3. The first kappa shape index (κ1) is 24.8. The Morgan fingerprint density at radius 2 is 1.88 bits per heavy atom. The van der Waals surface area contributed by atoms with Crippen LogP contribution in [0.3, 0.4) is 0 Å². The average molecular weight is 461 g/mol. The molecule has 9 atom stereocenters. The predicted octanol–water partition coefficient (Wildman–Crippen LogP) is 5.45. The second-order valence-corrected chi connectivity index (χ2v) is 12.1. The molecule has 0 aromatic rings. The number of carbonyl (C=O) groups excluding carboxylic acids is 2. The number of esters is 2. The normalized spacial score (nSPS) is 41.6. The van der Waals surface area contributed by atoms with Gasteiger partial charge >= 0.3 is 11.9 Å². The monoisotopic (exact) mass is 460 g/mol. The molecular weight excluding hydrogens is 416 g/mol. The van der Waals surface area contributed by atoms with Gasteiger partial charge in [0.05, 0.1) is 7.11 Å². The number of methoxy groups -OCH3 is 1. The molecule has 33 heavy (non-hydrogen) atoms. The summed E-state index contributed by atoms with van der Waals surface area (Å²) >= 11 is 0. The molecule has 0 aliphatic heterocycles. The molecule has 3 fully saturated rings. The first-order valence-corrected chi connectivity index (χ1v) is 13.2. The number of ether oxygens (including phenoxy) is 2. The second kappa shape index (κ2) is 9.36. The summed E-state index contributed by atoms with van der Waals surface area (Å²) in [6.07, 6.45) is 12.3. The third-order valence-electron chi connectivity index (χ3n) is 10.5. The van der Waals surface area contributed by atoms with Crippen molar-refractivity contribution in [2.45, 2.75) is 104 Å². The van der Waals surface area contributed by atoms with E-state index in [1.165, 1.54) is 46.1 Å². The van der Waals surface area contributed by atoms with Crippen molar-refractivity contribution in [2.75, 3.05) is 7.11 Å². The van der Waals surface area contributed by atoms with Crippen molar-refractivity contribution in [3.8, 4) is 0 Å². The van der Waals surface area contributed by atoms with Gasteiger partial charge in [0.2, 0.25) is 0 Å². The molecule has 0 saturated heterocycles. The highest BCUT2D eigenvalue weighted by Crippen LogP contribution is 2.67. The van der Waals surface area contributed by atoms with Crippen LogP contribution >= 0.6 is 0 Å². The van der Waals surface area contributed by atoms with Gasteiger partial charge in [-0.1, -0.05) is 32.4 Å². The van der Waals surface area contributed by atoms with Crippen LogP contribution in [0.2, 0.25) is 0 Å². The number of fused-ring (bicyclic) bond motifs is 5. The molecular formula is C28H44O5. The van der Waals surface area contributed by atoms with Gasteiger partial charge in [-0.15, -0.1) is 0 Å². The lowest BCUT2D eigenvalue weighted by Gasteiger charge is -2.58. The zero-order chi connectivity index (χ0) is 24.0. The lowest BCUT2D eigenvalue weighted by atomic mass is 9.47. The highest BCUT2D eigenvalue weighted by Gasteiger charge is 2.59. The maximum atomic E-state index is 11.6. The number of allylic oxidation sites excluding steroid dienone is 1. The number of carbonyl (C=O) groups is 2. The van der Waals surface area contributed by atoms with E-state index in [1.807, 2.05) is 0 Å². The van der Waals surface area contributed by atoms with Gasteiger partial charge < -0.3 is 14.6 Å². The molecule has 0 aromatic carbocycles. The summed E-state index contributed by atoms with van der Waals surface area (Å²) in [5.74, 6) is 2.74. The molecule has 1 N–H and O–H groups in total. The van der Waals surface area contributed by atoms with Crippen LogP contribution in [0.4, 0.5) is 0 Å². The van der Waals surface area contributed by atoms with Gasteiger partial charge in [0.25, 0.3) is 0 Å². The van der Waals surface area contributed by atoms with Crippen molar-refractivity contribution in [1.82, 2.24) is 0 Å². The zero-order valence-electron chi connectivity index (χ0n) is 21.3. The topological polar surface area (TPSA) is 72.8 Å². The van der Waals surface area contributed by atoms with Crippen LogP contribution in [0.5, 0.6) is 0 Å². The maximum Gasteiger partial charge on any atom is 0.334 e. The maximum absolute atomic E-state index is 11.6. The smallest absolute Gasteiger partial charge is 0.334 e. The van der Waals surface area contributed by atoms with Crippen molar-refractivity contribution in [2.24, 2.45) is 40.4 Å². The SMILES string of the molecule is COC(=O)C(O)CC[C@@H](C)[C@H]1CC[C@H]2[C@@H]3CC=C4C[C@@H](OC(C)=O)CC[C@]4(C)[C@H]3CC[C@]12C. The summed E-state index contributed by atoms with van der Waals surface area (Å²) in [4.78, 5) is 23.1. The minimum absolute atomic E-state index is 0.0595. The first-order chi connectivity index (χ1) is 15.6. The number of aliphatic hydroxyl groups excluding tert-OH is 1. The van der Waals surface area contributed by atoms with Crippen LogP contribution in [0, 0.1) is 40.4 Å². The lowest BCUT2D eigenvalue weighted by molar-refractivity contribution is -0.151. The van der Waals surface area contributed by atoms with E-state index >= 15 is 0 Å². The average Bonchev–Trinajstić information content (AvgIpc) is 3.13. The summed E-state index contributed by atoms with van der Waals surface area (Å²) in [6, 6.07) is 0. The minimum Gasteiger partial charge on any atom is -0.467 e. The second-order valence-electron chi connectivity index (χ2n) is 12.1. The van der Waals surface area contributed by atoms with E-state index in [2.05, 4.69) is 26.8 Å². The molecule has 3 saturated carbocycles. The summed E-state index contributed by atoms with van der Waals surface area (Å²) in [5.41, 5.74) is 2.16. The predicted molar refractivity (Wildman–Crippen MR) is 127 cm³/mol. The first-order valence-electron chi connectivity index (χ1n) is 13.2. The third kappa shape index (κ3) is 4.39. The van der Waals surface area contributed by atoms with Crippen molar-refractivity contribution in [3.63, 3.8) is 0 Å². The Morgan fingerprint density at radius 1 is 1.12 bits per heavy atom. The zero-order valence-corrected chi connectivity index (χ0v) is 21.3. The van der Waals surface area contributed by atoms with E-state index in [0.29, 0.717) is 23.7 Å². The summed E-state index contributed by atoms with van der Waals surface area (Å²) in [5, 5.41) is 10.1. The Labute approximate surface area is 199 Å². The van der Waals surface area contributed by atoms with Gasteiger partial charge in [-0.25, -0.2) is 4.79 Å². The quantitative estimate of drug-likeness (QED) is 0.422. The fourth-order valence-electron chi connectivity index (χ4n) is 8.81. The molecule has 0 bridgehead atoms. The fourth-order valence-corrected chi connectivity index (χ4v) is 8.81. The molecule has 0 amide bonds. The van der Waals surface area contributed by atoms with Crippen LogP contribution in [-0.4, -0.2) is 36.4 Å². The molecule has 0 radical (unpaired) electrons. The molecule has 186 valence electrons. The van der Waals surface area contributed by atoms with E-state index in [-0.39, 0.29) is 17.5 Å². The Kier molecular flexibility index (Phi) is 7.02.